The SMILES string of the molecule is CCC[C@@H]1S/C(=N\N=C/c2cccs2)N(Cc2cccc3ccccc23)C1=O. The van der Waals surface area contributed by atoms with E-state index in [1.165, 1.54) is 22.5 Å². The molecular formula is C22H21N3OS2. The number of rotatable bonds is 6. The van der Waals surface area contributed by atoms with E-state index in [-0.39, 0.29) is 11.2 Å². The minimum absolute atomic E-state index is 0.0735. The first-order valence-corrected chi connectivity index (χ1v) is 11.1. The number of thiophene rings is 1. The van der Waals surface area contributed by atoms with Gasteiger partial charge in [-0.15, -0.1) is 16.4 Å². The molecule has 1 aromatic heterocycles. The van der Waals surface area contributed by atoms with E-state index in [1.807, 2.05) is 35.7 Å². The molecule has 0 N–H and O–H groups in total. The lowest BCUT2D eigenvalue weighted by Crippen LogP contribution is -2.31. The molecule has 1 atom stereocenters. The Morgan fingerprint density at radius 3 is 2.79 bits per heavy atom. The van der Waals surface area contributed by atoms with Gasteiger partial charge in [0.2, 0.25) is 5.91 Å². The number of amidine groups is 1. The van der Waals surface area contributed by atoms with Gasteiger partial charge in [0, 0.05) is 4.88 Å². The zero-order chi connectivity index (χ0) is 19.3. The smallest absolute Gasteiger partial charge is 0.242 e. The molecule has 2 heterocycles. The van der Waals surface area contributed by atoms with Gasteiger partial charge < -0.3 is 0 Å². The highest BCUT2D eigenvalue weighted by Crippen LogP contribution is 2.32. The second-order valence-electron chi connectivity index (χ2n) is 6.60. The van der Waals surface area contributed by atoms with Gasteiger partial charge in [-0.2, -0.15) is 5.10 Å². The van der Waals surface area contributed by atoms with Crippen LogP contribution >= 0.6 is 23.1 Å². The molecule has 0 radical (unpaired) electrons. The molecule has 3 aromatic rings. The Kier molecular flexibility index (Phi) is 5.88. The van der Waals surface area contributed by atoms with Crippen LogP contribution < -0.4 is 0 Å². The molecule has 142 valence electrons. The lowest BCUT2D eigenvalue weighted by molar-refractivity contribution is -0.126. The van der Waals surface area contributed by atoms with Crippen LogP contribution in [0.3, 0.4) is 0 Å². The predicted molar refractivity (Wildman–Crippen MR) is 120 cm³/mol. The van der Waals surface area contributed by atoms with E-state index < -0.39 is 0 Å². The number of carbonyl (C=O) groups excluding carboxylic acids is 1. The highest BCUT2D eigenvalue weighted by molar-refractivity contribution is 8.15. The van der Waals surface area contributed by atoms with E-state index in [9.17, 15) is 4.79 Å². The topological polar surface area (TPSA) is 45.0 Å². The van der Waals surface area contributed by atoms with Gasteiger partial charge in [0.15, 0.2) is 5.17 Å². The van der Waals surface area contributed by atoms with Crippen molar-refractivity contribution in [1.82, 2.24) is 4.90 Å². The molecule has 0 spiro atoms. The number of hydrogen-bond acceptors (Lipinski definition) is 5. The van der Waals surface area contributed by atoms with Gasteiger partial charge in [-0.1, -0.05) is 73.6 Å². The molecule has 0 unspecified atom stereocenters. The third-order valence-corrected chi connectivity index (χ3v) is 6.69. The van der Waals surface area contributed by atoms with Crippen molar-refractivity contribution in [2.45, 2.75) is 31.6 Å². The Balaban J connectivity index is 1.63. The van der Waals surface area contributed by atoms with Gasteiger partial charge in [-0.3, -0.25) is 9.69 Å². The summed E-state index contributed by atoms with van der Waals surface area (Å²) in [6.07, 6.45) is 3.56. The first-order chi connectivity index (χ1) is 13.8. The van der Waals surface area contributed by atoms with Crippen LogP contribution in [0.25, 0.3) is 10.8 Å². The molecule has 28 heavy (non-hydrogen) atoms. The minimum atomic E-state index is -0.0735. The molecule has 1 amide bonds. The van der Waals surface area contributed by atoms with E-state index in [0.29, 0.717) is 11.7 Å². The van der Waals surface area contributed by atoms with Crippen molar-refractivity contribution in [3.63, 3.8) is 0 Å². The Morgan fingerprint density at radius 2 is 1.96 bits per heavy atom. The maximum atomic E-state index is 13.0. The van der Waals surface area contributed by atoms with Crippen molar-refractivity contribution in [3.8, 4) is 0 Å². The van der Waals surface area contributed by atoms with Gasteiger partial charge >= 0.3 is 0 Å². The van der Waals surface area contributed by atoms with Crippen LogP contribution in [0.4, 0.5) is 0 Å². The Bertz CT molecular complexity index is 1020. The van der Waals surface area contributed by atoms with Crippen molar-refractivity contribution < 1.29 is 4.79 Å². The number of hydrogen-bond donors (Lipinski definition) is 0. The molecule has 1 saturated heterocycles. The fourth-order valence-corrected chi connectivity index (χ4v) is 5.07. The van der Waals surface area contributed by atoms with Crippen molar-refractivity contribution in [2.75, 3.05) is 0 Å². The van der Waals surface area contributed by atoms with Crippen molar-refractivity contribution in [2.24, 2.45) is 10.2 Å². The Labute approximate surface area is 173 Å². The van der Waals surface area contributed by atoms with Crippen LogP contribution in [0, 0.1) is 0 Å². The van der Waals surface area contributed by atoms with Gasteiger partial charge in [-0.25, -0.2) is 0 Å². The average molecular weight is 408 g/mol. The molecule has 0 bridgehead atoms. The third kappa shape index (κ3) is 4.03. The molecule has 1 fully saturated rings. The first kappa shape index (κ1) is 18.9. The van der Waals surface area contributed by atoms with Crippen LogP contribution in [0.15, 0.2) is 70.2 Å². The van der Waals surface area contributed by atoms with Gasteiger partial charge in [0.05, 0.1) is 18.0 Å². The van der Waals surface area contributed by atoms with Crippen LogP contribution in [0.2, 0.25) is 0 Å². The fraction of sp³-hybridized carbons (Fsp3) is 0.227. The van der Waals surface area contributed by atoms with Crippen LogP contribution in [0.1, 0.15) is 30.2 Å². The lowest BCUT2D eigenvalue weighted by Gasteiger charge is -2.17. The first-order valence-electron chi connectivity index (χ1n) is 9.35. The largest absolute Gasteiger partial charge is 0.284 e. The van der Waals surface area contributed by atoms with Crippen LogP contribution in [-0.2, 0) is 11.3 Å². The summed E-state index contributed by atoms with van der Waals surface area (Å²) < 4.78 is 0. The fourth-order valence-electron chi connectivity index (χ4n) is 3.28. The van der Waals surface area contributed by atoms with Crippen LogP contribution in [-0.4, -0.2) is 27.4 Å². The molecule has 1 aliphatic heterocycles. The number of benzene rings is 2. The second-order valence-corrected chi connectivity index (χ2v) is 8.75. The normalized spacial score (nSPS) is 18.8. The summed E-state index contributed by atoms with van der Waals surface area (Å²) in [5, 5.41) is 13.6. The summed E-state index contributed by atoms with van der Waals surface area (Å²) in [4.78, 5) is 15.8. The Morgan fingerprint density at radius 1 is 1.11 bits per heavy atom. The molecule has 6 heteroatoms. The highest BCUT2D eigenvalue weighted by atomic mass is 32.2. The molecule has 2 aromatic carbocycles. The second kappa shape index (κ2) is 8.71. The zero-order valence-corrected chi connectivity index (χ0v) is 17.2. The number of fused-ring (bicyclic) bond motifs is 1. The number of amides is 1. The maximum absolute atomic E-state index is 13.0. The minimum Gasteiger partial charge on any atom is -0.284 e. The summed E-state index contributed by atoms with van der Waals surface area (Å²) in [7, 11) is 0. The van der Waals surface area contributed by atoms with E-state index >= 15 is 0 Å². The van der Waals surface area contributed by atoms with E-state index in [1.54, 1.807) is 22.5 Å². The van der Waals surface area contributed by atoms with Crippen LogP contribution in [0.5, 0.6) is 0 Å². The quantitative estimate of drug-likeness (QED) is 0.398. The number of thioether (sulfide) groups is 1. The summed E-state index contributed by atoms with van der Waals surface area (Å²) >= 11 is 3.14. The molecule has 0 saturated carbocycles. The monoisotopic (exact) mass is 407 g/mol. The molecular weight excluding hydrogens is 386 g/mol. The number of carbonyl (C=O) groups is 1. The van der Waals surface area contributed by atoms with Gasteiger partial charge in [-0.05, 0) is 34.2 Å². The molecule has 4 nitrogen and oxygen atoms in total. The summed E-state index contributed by atoms with van der Waals surface area (Å²) in [6.45, 7) is 2.62. The average Bonchev–Trinajstić information content (AvgIpc) is 3.33. The molecule has 1 aliphatic rings. The Hall–Kier alpha value is -2.44. The number of nitrogens with zero attached hydrogens (tertiary/aromatic N) is 3. The van der Waals surface area contributed by atoms with Crippen molar-refractivity contribution in [1.29, 1.82) is 0 Å². The molecule has 4 rings (SSSR count). The lowest BCUT2D eigenvalue weighted by atomic mass is 10.0. The maximum Gasteiger partial charge on any atom is 0.242 e. The third-order valence-electron chi connectivity index (χ3n) is 4.65. The van der Waals surface area contributed by atoms with Gasteiger partial charge in [0.1, 0.15) is 0 Å². The standard InChI is InChI=1S/C22H21N3OS2/c1-2-7-20-21(26)25(22(28-20)24-23-14-18-11-6-13-27-18)15-17-10-5-9-16-8-3-4-12-19(16)17/h3-6,8-14,20H,2,7,15H2,1H3/b23-14-,24-22-/t20-/m0/s1. The van der Waals surface area contributed by atoms with Crippen molar-refractivity contribution in [3.05, 3.63) is 70.4 Å². The summed E-state index contributed by atoms with van der Waals surface area (Å²) in [5.41, 5.74) is 1.12. The highest BCUT2D eigenvalue weighted by Gasteiger charge is 2.37. The summed E-state index contributed by atoms with van der Waals surface area (Å²) in [5.74, 6) is 0.129. The summed E-state index contributed by atoms with van der Waals surface area (Å²) in [6, 6.07) is 18.5. The van der Waals surface area contributed by atoms with E-state index in [0.717, 1.165) is 23.3 Å². The predicted octanol–water partition coefficient (Wildman–Crippen LogP) is 5.54. The van der Waals surface area contributed by atoms with Crippen molar-refractivity contribution >= 4 is 51.2 Å². The molecule has 0 aliphatic carbocycles. The van der Waals surface area contributed by atoms with E-state index in [4.69, 9.17) is 0 Å². The van der Waals surface area contributed by atoms with Gasteiger partial charge in [0.25, 0.3) is 0 Å². The van der Waals surface area contributed by atoms with E-state index in [2.05, 4.69) is 41.4 Å². The zero-order valence-electron chi connectivity index (χ0n) is 15.6.